The summed E-state index contributed by atoms with van der Waals surface area (Å²) >= 11 is 0. The third-order valence-corrected chi connectivity index (χ3v) is 1.28. The molecule has 3 nitrogen and oxygen atoms in total. The Bertz CT molecular complexity index is 273. The Balaban J connectivity index is 2.71. The zero-order valence-electron chi connectivity index (χ0n) is 7.46. The van der Waals surface area contributed by atoms with Crippen molar-refractivity contribution in [3.05, 3.63) is 17.9 Å². The minimum absolute atomic E-state index is 0.0657. The second kappa shape index (κ2) is 3.43. The Labute approximate surface area is 71.3 Å². The summed E-state index contributed by atoms with van der Waals surface area (Å²) in [4.78, 5) is 10.8. The minimum atomic E-state index is -0.0893. The van der Waals surface area contributed by atoms with Gasteiger partial charge in [0.25, 0.3) is 5.95 Å². The van der Waals surface area contributed by atoms with E-state index < -0.39 is 0 Å². The molecule has 3 heteroatoms. The second-order valence-corrected chi connectivity index (χ2v) is 2.84. The van der Waals surface area contributed by atoms with E-state index in [-0.39, 0.29) is 11.9 Å². The molecule has 0 atom stereocenters. The van der Waals surface area contributed by atoms with Crippen LogP contribution in [0.4, 0.5) is 0 Å². The van der Waals surface area contributed by atoms with Gasteiger partial charge in [0.2, 0.25) is 0 Å². The van der Waals surface area contributed by atoms with E-state index in [0.717, 1.165) is 0 Å². The van der Waals surface area contributed by atoms with Gasteiger partial charge in [0, 0.05) is 13.0 Å². The zero-order chi connectivity index (χ0) is 9.14. The van der Waals surface area contributed by atoms with Crippen LogP contribution >= 0.6 is 0 Å². The summed E-state index contributed by atoms with van der Waals surface area (Å²) in [6.45, 7) is 5.25. The molecule has 1 aromatic rings. The van der Waals surface area contributed by atoms with Gasteiger partial charge in [-0.15, -0.1) is 0 Å². The fourth-order valence-corrected chi connectivity index (χ4v) is 0.805. The molecule has 0 saturated heterocycles. The molecule has 66 valence electrons. The van der Waals surface area contributed by atoms with Gasteiger partial charge >= 0.3 is 0 Å². The Morgan fingerprint density at radius 1 is 1.50 bits per heavy atom. The molecule has 1 aromatic heterocycles. The van der Waals surface area contributed by atoms with Crippen molar-refractivity contribution in [3.63, 3.8) is 0 Å². The van der Waals surface area contributed by atoms with Gasteiger partial charge in [0.1, 0.15) is 0 Å². The van der Waals surface area contributed by atoms with Crippen molar-refractivity contribution in [2.75, 3.05) is 0 Å². The molecule has 0 aliphatic heterocycles. The molecule has 0 saturated carbocycles. The molecule has 0 amide bonds. The van der Waals surface area contributed by atoms with Gasteiger partial charge in [-0.25, -0.2) is 0 Å². The third kappa shape index (κ3) is 2.12. The first-order chi connectivity index (χ1) is 5.59. The highest BCUT2D eigenvalue weighted by Crippen LogP contribution is 2.17. The summed E-state index contributed by atoms with van der Waals surface area (Å²) in [6.07, 6.45) is 0.0657. The van der Waals surface area contributed by atoms with Gasteiger partial charge in [0.15, 0.2) is 11.5 Å². The molecule has 1 heterocycles. The number of hydrogen-bond donors (Lipinski definition) is 0. The van der Waals surface area contributed by atoms with Gasteiger partial charge in [0.05, 0.1) is 6.10 Å². The van der Waals surface area contributed by atoms with Crippen molar-refractivity contribution in [2.24, 2.45) is 0 Å². The van der Waals surface area contributed by atoms with Crippen LogP contribution in [0.2, 0.25) is 0 Å². The number of Topliss-reactive ketones (excluding diaryl/α,β-unsaturated/α-hetero) is 1. The van der Waals surface area contributed by atoms with Crippen LogP contribution in [-0.2, 0) is 0 Å². The van der Waals surface area contributed by atoms with Crippen LogP contribution in [0.15, 0.2) is 16.5 Å². The van der Waals surface area contributed by atoms with E-state index in [1.54, 1.807) is 12.1 Å². The SMILES string of the molecule is CC(=O)c1ccc(OC(C)C)o1. The lowest BCUT2D eigenvalue weighted by molar-refractivity contribution is 0.0972. The first-order valence-electron chi connectivity index (χ1n) is 3.87. The van der Waals surface area contributed by atoms with Crippen molar-refractivity contribution < 1.29 is 13.9 Å². The summed E-state index contributed by atoms with van der Waals surface area (Å²) in [5, 5.41) is 0. The summed E-state index contributed by atoms with van der Waals surface area (Å²) in [5.74, 6) is 0.648. The molecule has 0 bridgehead atoms. The second-order valence-electron chi connectivity index (χ2n) is 2.84. The highest BCUT2D eigenvalue weighted by molar-refractivity contribution is 5.91. The van der Waals surface area contributed by atoms with Crippen molar-refractivity contribution in [2.45, 2.75) is 26.9 Å². The minimum Gasteiger partial charge on any atom is -0.462 e. The zero-order valence-corrected chi connectivity index (χ0v) is 7.46. The van der Waals surface area contributed by atoms with Gasteiger partial charge in [-0.1, -0.05) is 0 Å². The molecule has 0 radical (unpaired) electrons. The predicted molar refractivity (Wildman–Crippen MR) is 44.5 cm³/mol. The Hall–Kier alpha value is -1.25. The number of carbonyl (C=O) groups excluding carboxylic acids is 1. The molecule has 0 aliphatic rings. The lowest BCUT2D eigenvalue weighted by Crippen LogP contribution is -2.04. The van der Waals surface area contributed by atoms with Crippen molar-refractivity contribution in [1.82, 2.24) is 0 Å². The number of ketones is 1. The van der Waals surface area contributed by atoms with Crippen molar-refractivity contribution in [3.8, 4) is 5.95 Å². The van der Waals surface area contributed by atoms with Crippen LogP contribution < -0.4 is 4.74 Å². The average molecular weight is 168 g/mol. The molecule has 0 fully saturated rings. The molecule has 0 aliphatic carbocycles. The largest absolute Gasteiger partial charge is 0.462 e. The van der Waals surface area contributed by atoms with Crippen LogP contribution in [0.25, 0.3) is 0 Å². The van der Waals surface area contributed by atoms with Crippen LogP contribution in [0.3, 0.4) is 0 Å². The number of furan rings is 1. The van der Waals surface area contributed by atoms with Crippen LogP contribution in [-0.4, -0.2) is 11.9 Å². The molecular formula is C9H12O3. The predicted octanol–water partition coefficient (Wildman–Crippen LogP) is 2.27. The first-order valence-corrected chi connectivity index (χ1v) is 3.87. The topological polar surface area (TPSA) is 39.4 Å². The molecule has 0 unspecified atom stereocenters. The molecule has 0 N–H and O–H groups in total. The van der Waals surface area contributed by atoms with Crippen LogP contribution in [0.1, 0.15) is 31.3 Å². The Kier molecular flexibility index (Phi) is 2.53. The maximum absolute atomic E-state index is 10.8. The van der Waals surface area contributed by atoms with E-state index in [4.69, 9.17) is 9.15 Å². The van der Waals surface area contributed by atoms with Crippen molar-refractivity contribution >= 4 is 5.78 Å². The van der Waals surface area contributed by atoms with Gasteiger partial charge in [-0.3, -0.25) is 4.79 Å². The first kappa shape index (κ1) is 8.84. The normalized spacial score (nSPS) is 10.3. The highest BCUT2D eigenvalue weighted by atomic mass is 16.6. The maximum Gasteiger partial charge on any atom is 0.285 e. The fourth-order valence-electron chi connectivity index (χ4n) is 0.805. The summed E-state index contributed by atoms with van der Waals surface area (Å²) < 4.78 is 10.3. The number of hydrogen-bond acceptors (Lipinski definition) is 3. The molecule has 12 heavy (non-hydrogen) atoms. The third-order valence-electron chi connectivity index (χ3n) is 1.28. The van der Waals surface area contributed by atoms with E-state index >= 15 is 0 Å². The Morgan fingerprint density at radius 3 is 2.58 bits per heavy atom. The van der Waals surface area contributed by atoms with Crippen molar-refractivity contribution in [1.29, 1.82) is 0 Å². The van der Waals surface area contributed by atoms with E-state index in [0.29, 0.717) is 11.7 Å². The van der Waals surface area contributed by atoms with E-state index in [2.05, 4.69) is 0 Å². The monoisotopic (exact) mass is 168 g/mol. The maximum atomic E-state index is 10.8. The average Bonchev–Trinajstić information content (AvgIpc) is 2.34. The van der Waals surface area contributed by atoms with E-state index in [9.17, 15) is 4.79 Å². The van der Waals surface area contributed by atoms with E-state index in [1.165, 1.54) is 6.92 Å². The van der Waals surface area contributed by atoms with Gasteiger partial charge in [-0.05, 0) is 19.9 Å². The van der Waals surface area contributed by atoms with Gasteiger partial charge < -0.3 is 9.15 Å². The summed E-state index contributed by atoms with van der Waals surface area (Å²) in [6, 6.07) is 3.26. The molecule has 0 aromatic carbocycles. The number of rotatable bonds is 3. The number of ether oxygens (including phenoxy) is 1. The van der Waals surface area contributed by atoms with Crippen LogP contribution in [0.5, 0.6) is 5.95 Å². The summed E-state index contributed by atoms with van der Waals surface area (Å²) in [5.41, 5.74) is 0. The van der Waals surface area contributed by atoms with Gasteiger partial charge in [-0.2, -0.15) is 0 Å². The fraction of sp³-hybridized carbons (Fsp3) is 0.444. The summed E-state index contributed by atoms with van der Waals surface area (Å²) in [7, 11) is 0. The molecular weight excluding hydrogens is 156 g/mol. The Morgan fingerprint density at radius 2 is 2.17 bits per heavy atom. The lowest BCUT2D eigenvalue weighted by atomic mass is 10.3. The smallest absolute Gasteiger partial charge is 0.285 e. The quantitative estimate of drug-likeness (QED) is 0.650. The highest BCUT2D eigenvalue weighted by Gasteiger charge is 2.07. The standard InChI is InChI=1S/C9H12O3/c1-6(2)11-9-5-4-8(12-9)7(3)10/h4-6H,1-3H3. The van der Waals surface area contributed by atoms with Crippen LogP contribution in [0, 0.1) is 0 Å². The molecule has 0 spiro atoms. The van der Waals surface area contributed by atoms with E-state index in [1.807, 2.05) is 13.8 Å². The number of carbonyl (C=O) groups is 1. The molecule has 1 rings (SSSR count). The lowest BCUT2D eigenvalue weighted by Gasteiger charge is -2.04.